The van der Waals surface area contributed by atoms with Gasteiger partial charge in [0.15, 0.2) is 0 Å². The maximum absolute atomic E-state index is 10.6. The molecule has 0 atom stereocenters. The lowest BCUT2D eigenvalue weighted by Gasteiger charge is -2.08. The predicted molar refractivity (Wildman–Crippen MR) is 64.2 cm³/mol. The Hall–Kier alpha value is -0.580. The quantitative estimate of drug-likeness (QED) is 0.825. The van der Waals surface area contributed by atoms with Crippen molar-refractivity contribution in [3.05, 3.63) is 27.7 Å². The number of amides is 1. The second-order valence-corrected chi connectivity index (χ2v) is 3.96. The molecule has 0 spiro atoms. The van der Waals surface area contributed by atoms with E-state index in [0.717, 1.165) is 0 Å². The summed E-state index contributed by atoms with van der Waals surface area (Å²) in [5, 5.41) is 3.02. The topological polar surface area (TPSA) is 38.3 Å². The zero-order valence-corrected chi connectivity index (χ0v) is 10.3. The molecule has 0 unspecified atom stereocenters. The van der Waals surface area contributed by atoms with Gasteiger partial charge in [0.25, 0.3) is 5.24 Å². The Labute approximate surface area is 103 Å². The van der Waals surface area contributed by atoms with Crippen molar-refractivity contribution in [3.8, 4) is 5.75 Å². The third-order valence-electron chi connectivity index (χ3n) is 1.75. The normalized spacial score (nSPS) is 9.87. The Morgan fingerprint density at radius 3 is 2.67 bits per heavy atom. The molecule has 1 aromatic carbocycles. The van der Waals surface area contributed by atoms with Gasteiger partial charge in [0.1, 0.15) is 5.75 Å². The van der Waals surface area contributed by atoms with E-state index in [1.807, 2.05) is 0 Å². The average Bonchev–Trinajstić information content (AvgIpc) is 2.18. The molecular formula is C9H9Cl2NO2S. The minimum absolute atomic E-state index is 0.283. The second kappa shape index (κ2) is 5.49. The molecular weight excluding hydrogens is 257 g/mol. The third kappa shape index (κ3) is 3.48. The van der Waals surface area contributed by atoms with E-state index in [1.165, 1.54) is 7.11 Å². The van der Waals surface area contributed by atoms with Crippen molar-refractivity contribution in [1.82, 2.24) is 5.32 Å². The molecule has 0 aliphatic rings. The van der Waals surface area contributed by atoms with Crippen LogP contribution in [0.15, 0.2) is 12.1 Å². The van der Waals surface area contributed by atoms with Gasteiger partial charge < -0.3 is 10.1 Å². The summed E-state index contributed by atoms with van der Waals surface area (Å²) in [7, 11) is 1.51. The fourth-order valence-corrected chi connectivity index (χ4v) is 1.60. The van der Waals surface area contributed by atoms with Crippen LogP contribution in [0.2, 0.25) is 10.0 Å². The number of carbonyl (C=O) groups excluding carboxylic acids is 1. The molecule has 6 heteroatoms. The first kappa shape index (κ1) is 12.5. The van der Waals surface area contributed by atoms with Gasteiger partial charge in [-0.3, -0.25) is 4.79 Å². The van der Waals surface area contributed by atoms with E-state index < -0.39 is 5.24 Å². The largest absolute Gasteiger partial charge is 0.495 e. The smallest absolute Gasteiger partial charge is 0.276 e. The number of thiol groups is 1. The van der Waals surface area contributed by atoms with Crippen LogP contribution in [-0.4, -0.2) is 12.3 Å². The van der Waals surface area contributed by atoms with E-state index in [2.05, 4.69) is 17.9 Å². The summed E-state index contributed by atoms with van der Waals surface area (Å²) in [5.41, 5.74) is 0.713. The maximum atomic E-state index is 10.6. The number of ether oxygens (including phenoxy) is 1. The van der Waals surface area contributed by atoms with Crippen LogP contribution in [0.4, 0.5) is 4.79 Å². The van der Waals surface area contributed by atoms with Crippen LogP contribution in [0.5, 0.6) is 5.75 Å². The summed E-state index contributed by atoms with van der Waals surface area (Å²) < 4.78 is 4.99. The van der Waals surface area contributed by atoms with Crippen molar-refractivity contribution in [3.63, 3.8) is 0 Å². The number of hydrogen-bond donors (Lipinski definition) is 2. The fourth-order valence-electron chi connectivity index (χ4n) is 1.03. The van der Waals surface area contributed by atoms with Crippen molar-refractivity contribution in [1.29, 1.82) is 0 Å². The highest BCUT2D eigenvalue weighted by Crippen LogP contribution is 2.30. The van der Waals surface area contributed by atoms with Gasteiger partial charge in [-0.25, -0.2) is 0 Å². The molecule has 0 bridgehead atoms. The molecule has 3 nitrogen and oxygen atoms in total. The maximum Gasteiger partial charge on any atom is 0.276 e. The van der Waals surface area contributed by atoms with Crippen molar-refractivity contribution < 1.29 is 9.53 Å². The number of benzene rings is 1. The average molecular weight is 266 g/mol. The molecule has 0 saturated carbocycles. The van der Waals surface area contributed by atoms with Gasteiger partial charge in [-0.15, -0.1) is 0 Å². The number of methoxy groups -OCH3 is 1. The predicted octanol–water partition coefficient (Wildman–Crippen LogP) is 3.14. The number of rotatable bonds is 3. The molecule has 0 radical (unpaired) electrons. The van der Waals surface area contributed by atoms with Gasteiger partial charge >= 0.3 is 0 Å². The Morgan fingerprint density at radius 2 is 2.13 bits per heavy atom. The van der Waals surface area contributed by atoms with E-state index in [-0.39, 0.29) is 6.54 Å². The zero-order valence-electron chi connectivity index (χ0n) is 7.88. The van der Waals surface area contributed by atoms with Gasteiger partial charge in [0.05, 0.1) is 12.1 Å². The molecule has 82 valence electrons. The summed E-state index contributed by atoms with van der Waals surface area (Å²) in [4.78, 5) is 10.6. The van der Waals surface area contributed by atoms with Gasteiger partial charge in [0.2, 0.25) is 0 Å². The highest BCUT2D eigenvalue weighted by molar-refractivity contribution is 7.96. The number of carbonyl (C=O) groups is 1. The lowest BCUT2D eigenvalue weighted by atomic mass is 10.2. The fraction of sp³-hybridized carbons (Fsp3) is 0.222. The van der Waals surface area contributed by atoms with Crippen molar-refractivity contribution >= 4 is 41.1 Å². The molecule has 0 aliphatic carbocycles. The Kier molecular flexibility index (Phi) is 4.57. The lowest BCUT2D eigenvalue weighted by Crippen LogP contribution is -2.15. The monoisotopic (exact) mass is 265 g/mol. The lowest BCUT2D eigenvalue weighted by molar-refractivity contribution is 0.260. The molecule has 1 rings (SSSR count). The van der Waals surface area contributed by atoms with E-state index in [4.69, 9.17) is 27.9 Å². The first-order valence-corrected chi connectivity index (χ1v) is 5.23. The minimum atomic E-state index is -0.419. The summed E-state index contributed by atoms with van der Waals surface area (Å²) in [5.74, 6) is 0.502. The van der Waals surface area contributed by atoms with Gasteiger partial charge in [-0.2, -0.15) is 0 Å². The number of halogens is 2. The molecule has 1 N–H and O–H groups in total. The Morgan fingerprint density at radius 1 is 1.47 bits per heavy atom. The van der Waals surface area contributed by atoms with Crippen molar-refractivity contribution in [2.75, 3.05) is 7.11 Å². The summed E-state index contributed by atoms with van der Waals surface area (Å²) in [6.07, 6.45) is 0. The number of hydrogen-bond acceptors (Lipinski definition) is 2. The van der Waals surface area contributed by atoms with E-state index >= 15 is 0 Å². The van der Waals surface area contributed by atoms with Crippen LogP contribution < -0.4 is 10.1 Å². The van der Waals surface area contributed by atoms with E-state index in [9.17, 15) is 4.79 Å². The summed E-state index contributed by atoms with van der Waals surface area (Å²) >= 11 is 15.4. The first-order valence-electron chi connectivity index (χ1n) is 4.03. The molecule has 15 heavy (non-hydrogen) atoms. The van der Waals surface area contributed by atoms with Crippen LogP contribution in [-0.2, 0) is 6.54 Å². The molecule has 0 fully saturated rings. The van der Waals surface area contributed by atoms with Crippen LogP contribution in [0, 0.1) is 0 Å². The molecule has 1 aromatic rings. The number of nitrogens with one attached hydrogen (secondary N) is 1. The summed E-state index contributed by atoms with van der Waals surface area (Å²) in [6, 6.07) is 3.25. The van der Waals surface area contributed by atoms with Crippen molar-refractivity contribution in [2.45, 2.75) is 6.54 Å². The van der Waals surface area contributed by atoms with Crippen molar-refractivity contribution in [2.24, 2.45) is 0 Å². The Balaban J connectivity index is 2.90. The second-order valence-electron chi connectivity index (χ2n) is 2.74. The molecule has 0 heterocycles. The molecule has 1 amide bonds. The van der Waals surface area contributed by atoms with E-state index in [1.54, 1.807) is 12.1 Å². The SMILES string of the molecule is COc1cc(Cl)c(CNC(=O)S)cc1Cl. The van der Waals surface area contributed by atoms with Crippen LogP contribution >= 0.6 is 35.8 Å². The molecule has 0 aromatic heterocycles. The van der Waals surface area contributed by atoms with Crippen LogP contribution in [0.1, 0.15) is 5.56 Å². The minimum Gasteiger partial charge on any atom is -0.495 e. The highest BCUT2D eigenvalue weighted by Gasteiger charge is 2.07. The van der Waals surface area contributed by atoms with E-state index in [0.29, 0.717) is 21.4 Å². The van der Waals surface area contributed by atoms with Gasteiger partial charge in [-0.05, 0) is 11.6 Å². The summed E-state index contributed by atoms with van der Waals surface area (Å²) in [6.45, 7) is 0.283. The first-order chi connectivity index (χ1) is 7.04. The Bertz CT molecular complexity index is 385. The van der Waals surface area contributed by atoms with Gasteiger partial charge in [0, 0.05) is 17.6 Å². The van der Waals surface area contributed by atoms with Crippen LogP contribution in [0.25, 0.3) is 0 Å². The van der Waals surface area contributed by atoms with Gasteiger partial charge in [-0.1, -0.05) is 35.8 Å². The molecule has 0 aliphatic heterocycles. The molecule has 0 saturated heterocycles. The zero-order chi connectivity index (χ0) is 11.4. The standard InChI is InChI=1S/C9H9Cl2NO2S/c1-14-8-3-6(10)5(2-7(8)11)4-12-9(13)15/h2-3H,4H2,1H3,(H2,12,13,15). The van der Waals surface area contributed by atoms with Crippen LogP contribution in [0.3, 0.4) is 0 Å². The highest BCUT2D eigenvalue weighted by atomic mass is 35.5. The third-order valence-corrected chi connectivity index (χ3v) is 2.56.